The van der Waals surface area contributed by atoms with Crippen LogP contribution in [-0.2, 0) is 4.74 Å². The Hall–Kier alpha value is -2.83. The first-order chi connectivity index (χ1) is 14.6. The van der Waals surface area contributed by atoms with Crippen molar-refractivity contribution in [2.45, 2.75) is 25.0 Å². The molecule has 0 spiro atoms. The lowest BCUT2D eigenvalue weighted by atomic mass is 9.98. The van der Waals surface area contributed by atoms with Crippen molar-refractivity contribution in [2.24, 2.45) is 0 Å². The van der Waals surface area contributed by atoms with E-state index in [1.165, 1.54) is 0 Å². The van der Waals surface area contributed by atoms with Gasteiger partial charge < -0.3 is 18.8 Å². The summed E-state index contributed by atoms with van der Waals surface area (Å²) in [6, 6.07) is 11.7. The van der Waals surface area contributed by atoms with Crippen molar-refractivity contribution >= 4 is 28.5 Å². The molecule has 2 aromatic carbocycles. The molecule has 1 amide bonds. The quantitative estimate of drug-likeness (QED) is 0.627. The second kappa shape index (κ2) is 7.45. The van der Waals surface area contributed by atoms with E-state index in [4.69, 9.17) is 25.5 Å². The molecule has 1 fully saturated rings. The molecular weight excluding hydrogens is 406 g/mol. The fraction of sp³-hybridized carbons (Fsp3) is 0.304. The third-order valence-electron chi connectivity index (χ3n) is 5.78. The lowest BCUT2D eigenvalue weighted by molar-refractivity contribution is 0.0486. The molecule has 2 atom stereocenters. The Balaban J connectivity index is 1.69. The van der Waals surface area contributed by atoms with Gasteiger partial charge in [-0.2, -0.15) is 0 Å². The number of rotatable bonds is 4. The van der Waals surface area contributed by atoms with Gasteiger partial charge in [0.1, 0.15) is 11.3 Å². The summed E-state index contributed by atoms with van der Waals surface area (Å²) in [5, 5.41) is 0.808. The summed E-state index contributed by atoms with van der Waals surface area (Å²) in [5.74, 6) is 0.496. The summed E-state index contributed by atoms with van der Waals surface area (Å²) in [6.07, 6.45) is 1.80. The molecule has 7 heteroatoms. The van der Waals surface area contributed by atoms with E-state index < -0.39 is 6.04 Å². The zero-order valence-corrected chi connectivity index (χ0v) is 17.1. The van der Waals surface area contributed by atoms with Gasteiger partial charge in [-0.05, 0) is 48.7 Å². The van der Waals surface area contributed by atoms with Crippen molar-refractivity contribution in [3.05, 3.63) is 74.6 Å². The van der Waals surface area contributed by atoms with Gasteiger partial charge in [-0.1, -0.05) is 23.7 Å². The van der Waals surface area contributed by atoms with Crippen LogP contribution < -0.4 is 10.2 Å². The van der Waals surface area contributed by atoms with Crippen LogP contribution in [0, 0.1) is 0 Å². The highest BCUT2D eigenvalue weighted by Gasteiger charge is 2.43. The largest absolute Gasteiger partial charge is 0.497 e. The monoisotopic (exact) mass is 425 g/mol. The number of hydrogen-bond donors (Lipinski definition) is 0. The molecule has 0 aliphatic carbocycles. The molecule has 1 aromatic heterocycles. The maximum absolute atomic E-state index is 13.5. The van der Waals surface area contributed by atoms with Gasteiger partial charge in [0.2, 0.25) is 5.76 Å². The fourth-order valence-corrected chi connectivity index (χ4v) is 4.49. The smallest absolute Gasteiger partial charge is 0.291 e. The van der Waals surface area contributed by atoms with Gasteiger partial charge in [0.25, 0.3) is 5.91 Å². The van der Waals surface area contributed by atoms with Crippen molar-refractivity contribution in [3.8, 4) is 5.75 Å². The van der Waals surface area contributed by atoms with Crippen LogP contribution in [0.2, 0.25) is 5.02 Å². The molecule has 0 bridgehead atoms. The van der Waals surface area contributed by atoms with E-state index in [1.807, 2.05) is 24.3 Å². The van der Waals surface area contributed by atoms with Crippen molar-refractivity contribution in [1.29, 1.82) is 0 Å². The summed E-state index contributed by atoms with van der Waals surface area (Å²) in [4.78, 5) is 28.5. The van der Waals surface area contributed by atoms with Gasteiger partial charge in [0.15, 0.2) is 5.43 Å². The SMILES string of the molecule is COc1ccc(C2c3c(oc4ccc(Cl)cc4c3=O)C(=O)N2CC2CCCO2)cc1. The molecule has 154 valence electrons. The number of carbonyl (C=O) groups excluding carboxylic acids is 1. The number of hydrogen-bond acceptors (Lipinski definition) is 5. The van der Waals surface area contributed by atoms with E-state index >= 15 is 0 Å². The first kappa shape index (κ1) is 19.2. The number of carbonyl (C=O) groups is 1. The van der Waals surface area contributed by atoms with Crippen molar-refractivity contribution in [1.82, 2.24) is 4.90 Å². The first-order valence-corrected chi connectivity index (χ1v) is 10.3. The summed E-state index contributed by atoms with van der Waals surface area (Å²) in [6.45, 7) is 1.09. The van der Waals surface area contributed by atoms with Gasteiger partial charge in [-0.15, -0.1) is 0 Å². The highest BCUT2D eigenvalue weighted by Crippen LogP contribution is 2.39. The minimum atomic E-state index is -0.553. The highest BCUT2D eigenvalue weighted by atomic mass is 35.5. The number of amides is 1. The summed E-state index contributed by atoms with van der Waals surface area (Å²) < 4.78 is 17.0. The van der Waals surface area contributed by atoms with Crippen LogP contribution in [-0.4, -0.2) is 37.2 Å². The van der Waals surface area contributed by atoms with Gasteiger partial charge in [-0.25, -0.2) is 0 Å². The van der Waals surface area contributed by atoms with Gasteiger partial charge in [0.05, 0.1) is 30.2 Å². The summed E-state index contributed by atoms with van der Waals surface area (Å²) in [7, 11) is 1.59. The molecule has 5 rings (SSSR count). The number of benzene rings is 2. The van der Waals surface area contributed by atoms with Crippen LogP contribution in [0.4, 0.5) is 0 Å². The maximum Gasteiger partial charge on any atom is 0.291 e. The van der Waals surface area contributed by atoms with E-state index in [0.717, 1.165) is 18.4 Å². The summed E-state index contributed by atoms with van der Waals surface area (Å²) >= 11 is 6.11. The highest BCUT2D eigenvalue weighted by molar-refractivity contribution is 6.31. The molecule has 1 saturated heterocycles. The van der Waals surface area contributed by atoms with Crippen LogP contribution >= 0.6 is 11.6 Å². The normalized spacial score (nSPS) is 20.7. The van der Waals surface area contributed by atoms with E-state index in [-0.39, 0.29) is 23.2 Å². The van der Waals surface area contributed by atoms with E-state index in [0.29, 0.717) is 40.5 Å². The van der Waals surface area contributed by atoms with Gasteiger partial charge in [0, 0.05) is 18.2 Å². The molecule has 0 saturated carbocycles. The standard InChI is InChI=1S/C23H20ClNO5/c1-28-15-7-4-13(5-8-15)20-19-21(26)17-11-14(24)6-9-18(17)30-22(19)23(27)25(20)12-16-3-2-10-29-16/h4-9,11,16,20H,2-3,10,12H2,1H3. The Morgan fingerprint density at radius 3 is 2.67 bits per heavy atom. The second-order valence-electron chi connectivity index (χ2n) is 7.58. The number of fused-ring (bicyclic) bond motifs is 2. The number of nitrogens with zero attached hydrogens (tertiary/aromatic N) is 1. The zero-order chi connectivity index (χ0) is 20.8. The molecule has 2 unspecified atom stereocenters. The average Bonchev–Trinajstić information content (AvgIpc) is 3.37. The summed E-state index contributed by atoms with van der Waals surface area (Å²) in [5.41, 5.74) is 1.27. The number of methoxy groups -OCH3 is 1. The lowest BCUT2D eigenvalue weighted by Gasteiger charge is -2.27. The third kappa shape index (κ3) is 3.07. The van der Waals surface area contributed by atoms with E-state index in [9.17, 15) is 9.59 Å². The van der Waals surface area contributed by atoms with Crippen LogP contribution in [0.25, 0.3) is 11.0 Å². The fourth-order valence-electron chi connectivity index (χ4n) is 4.32. The molecule has 3 aromatic rings. The minimum Gasteiger partial charge on any atom is -0.497 e. The van der Waals surface area contributed by atoms with Gasteiger partial charge >= 0.3 is 0 Å². The Morgan fingerprint density at radius 1 is 1.17 bits per heavy atom. The molecule has 6 nitrogen and oxygen atoms in total. The molecule has 0 radical (unpaired) electrons. The number of halogens is 1. The van der Waals surface area contributed by atoms with Crippen LogP contribution in [0.5, 0.6) is 5.75 Å². The molecular formula is C23H20ClNO5. The topological polar surface area (TPSA) is 69.0 Å². The van der Waals surface area contributed by atoms with Crippen molar-refractivity contribution < 1.29 is 18.7 Å². The Morgan fingerprint density at radius 2 is 1.97 bits per heavy atom. The Bertz CT molecular complexity index is 1180. The van der Waals surface area contributed by atoms with Crippen LogP contribution in [0.1, 0.15) is 40.6 Å². The van der Waals surface area contributed by atoms with Crippen molar-refractivity contribution in [3.63, 3.8) is 0 Å². The predicted molar refractivity (Wildman–Crippen MR) is 112 cm³/mol. The molecule has 30 heavy (non-hydrogen) atoms. The molecule has 3 heterocycles. The molecule has 2 aliphatic rings. The van der Waals surface area contributed by atoms with Gasteiger partial charge in [-0.3, -0.25) is 9.59 Å². The lowest BCUT2D eigenvalue weighted by Crippen LogP contribution is -2.36. The number of ether oxygens (including phenoxy) is 2. The second-order valence-corrected chi connectivity index (χ2v) is 8.02. The maximum atomic E-state index is 13.5. The van der Waals surface area contributed by atoms with Crippen molar-refractivity contribution in [2.75, 3.05) is 20.3 Å². The minimum absolute atomic E-state index is 0.0528. The first-order valence-electron chi connectivity index (χ1n) is 9.89. The van der Waals surface area contributed by atoms with Crippen LogP contribution in [0.15, 0.2) is 51.7 Å². The predicted octanol–water partition coefficient (Wildman–Crippen LogP) is 4.18. The van der Waals surface area contributed by atoms with Crippen LogP contribution in [0.3, 0.4) is 0 Å². The zero-order valence-electron chi connectivity index (χ0n) is 16.4. The molecule has 2 aliphatic heterocycles. The Kier molecular flexibility index (Phi) is 4.76. The average molecular weight is 426 g/mol. The Labute approximate surface area is 177 Å². The molecule has 0 N–H and O–H groups in total. The van der Waals surface area contributed by atoms with E-state index in [2.05, 4.69) is 0 Å². The third-order valence-corrected chi connectivity index (χ3v) is 6.02. The van der Waals surface area contributed by atoms with E-state index in [1.54, 1.807) is 30.2 Å².